The van der Waals surface area contributed by atoms with Crippen molar-refractivity contribution in [1.29, 1.82) is 0 Å². The number of allylic oxidation sites excluding steroid dienone is 4. The third kappa shape index (κ3) is 1.50. The monoisotopic (exact) mass is 326 g/mol. The highest BCUT2D eigenvalue weighted by Gasteiger charge is 2.65. The van der Waals surface area contributed by atoms with Gasteiger partial charge >= 0.3 is 0 Å². The Hall–Kier alpha value is -1.18. The zero-order chi connectivity index (χ0) is 17.7. The average Bonchev–Trinajstić information content (AvgIpc) is 2.97. The summed E-state index contributed by atoms with van der Waals surface area (Å²) in [5, 5.41) is 0. The van der Waals surface area contributed by atoms with E-state index in [0.717, 1.165) is 36.8 Å². The van der Waals surface area contributed by atoms with E-state index in [4.69, 9.17) is 0 Å². The fraction of sp³-hybridized carbons (Fsp3) is 0.727. The van der Waals surface area contributed by atoms with E-state index in [9.17, 15) is 9.59 Å². The summed E-state index contributed by atoms with van der Waals surface area (Å²) in [6.07, 6.45) is 8.25. The molecule has 0 N–H and O–H groups in total. The molecule has 4 unspecified atom stereocenters. The van der Waals surface area contributed by atoms with E-state index in [1.807, 2.05) is 12.2 Å². The van der Waals surface area contributed by atoms with Crippen LogP contribution < -0.4 is 0 Å². The molecule has 0 saturated heterocycles. The second-order valence-electron chi connectivity index (χ2n) is 10.2. The lowest BCUT2D eigenvalue weighted by Gasteiger charge is -2.31. The topological polar surface area (TPSA) is 34.1 Å². The number of carbonyl (C=O) groups excluding carboxylic acids is 2. The Morgan fingerprint density at radius 1 is 0.708 bits per heavy atom. The van der Waals surface area contributed by atoms with Crippen LogP contribution in [-0.2, 0) is 9.59 Å². The predicted octanol–water partition coefficient (Wildman–Crippen LogP) is 4.89. The number of Topliss-reactive ketones (excluding diaryl/α,β-unsaturated/α-hetero) is 2. The number of hydrogen-bond acceptors (Lipinski definition) is 2. The first-order valence-electron chi connectivity index (χ1n) is 9.50. The van der Waals surface area contributed by atoms with E-state index in [2.05, 4.69) is 41.5 Å². The lowest BCUT2D eigenvalue weighted by Crippen LogP contribution is -2.32. The van der Waals surface area contributed by atoms with Crippen LogP contribution in [0.3, 0.4) is 0 Å². The quantitative estimate of drug-likeness (QED) is 0.643. The Morgan fingerprint density at radius 2 is 1.04 bits per heavy atom. The van der Waals surface area contributed by atoms with Crippen LogP contribution in [0, 0.1) is 33.5 Å². The summed E-state index contributed by atoms with van der Waals surface area (Å²) in [7, 11) is 0. The maximum atomic E-state index is 13.0. The predicted molar refractivity (Wildman–Crippen MR) is 95.4 cm³/mol. The molecule has 0 aliphatic heterocycles. The van der Waals surface area contributed by atoms with Crippen LogP contribution in [0.2, 0.25) is 0 Å². The highest BCUT2D eigenvalue weighted by Crippen LogP contribution is 2.67. The van der Waals surface area contributed by atoms with Crippen LogP contribution in [-0.4, -0.2) is 11.6 Å². The minimum absolute atomic E-state index is 0.0400. The van der Waals surface area contributed by atoms with Gasteiger partial charge in [0, 0.05) is 10.8 Å². The Labute approximate surface area is 145 Å². The summed E-state index contributed by atoms with van der Waals surface area (Å²) in [6, 6.07) is 0. The van der Waals surface area contributed by atoms with Gasteiger partial charge in [-0.25, -0.2) is 0 Å². The SMILES string of the molecule is CC12CCC(/C(=C/C=C3\C(=O)C4(C)CCC3C4(C)C)C1=O)C2(C)C. The first-order valence-corrected chi connectivity index (χ1v) is 9.50. The van der Waals surface area contributed by atoms with Crippen molar-refractivity contribution in [3.63, 3.8) is 0 Å². The van der Waals surface area contributed by atoms with Gasteiger partial charge in [0.25, 0.3) is 0 Å². The van der Waals surface area contributed by atoms with Crippen molar-refractivity contribution >= 4 is 11.6 Å². The second-order valence-corrected chi connectivity index (χ2v) is 10.2. The highest BCUT2D eigenvalue weighted by atomic mass is 16.1. The van der Waals surface area contributed by atoms with Gasteiger partial charge in [-0.3, -0.25) is 9.59 Å². The molecule has 4 aliphatic rings. The molecule has 0 aromatic heterocycles. The van der Waals surface area contributed by atoms with Crippen LogP contribution in [0.15, 0.2) is 23.3 Å². The van der Waals surface area contributed by atoms with Crippen molar-refractivity contribution < 1.29 is 9.59 Å². The van der Waals surface area contributed by atoms with Crippen LogP contribution >= 0.6 is 0 Å². The van der Waals surface area contributed by atoms with Crippen molar-refractivity contribution in [3.05, 3.63) is 23.3 Å². The summed E-state index contributed by atoms with van der Waals surface area (Å²) in [5.74, 6) is 1.34. The molecular formula is C22H30O2. The van der Waals surface area contributed by atoms with E-state index in [-0.39, 0.29) is 21.7 Å². The minimum Gasteiger partial charge on any atom is -0.294 e. The zero-order valence-corrected chi connectivity index (χ0v) is 16.0. The molecule has 2 heteroatoms. The third-order valence-electron chi connectivity index (χ3n) is 9.17. The van der Waals surface area contributed by atoms with Crippen LogP contribution in [0.5, 0.6) is 0 Å². The van der Waals surface area contributed by atoms with Crippen molar-refractivity contribution in [1.82, 2.24) is 0 Å². The molecule has 4 fully saturated rings. The molecule has 0 radical (unpaired) electrons. The van der Waals surface area contributed by atoms with Crippen molar-refractivity contribution in [2.24, 2.45) is 33.5 Å². The van der Waals surface area contributed by atoms with Gasteiger partial charge in [0.1, 0.15) is 0 Å². The number of rotatable bonds is 1. The molecule has 4 bridgehead atoms. The fourth-order valence-corrected chi connectivity index (χ4v) is 6.42. The molecule has 0 aromatic rings. The van der Waals surface area contributed by atoms with Gasteiger partial charge in [0.05, 0.1) is 0 Å². The lowest BCUT2D eigenvalue weighted by atomic mass is 9.70. The van der Waals surface area contributed by atoms with Gasteiger partial charge in [0.15, 0.2) is 11.6 Å². The summed E-state index contributed by atoms with van der Waals surface area (Å²) in [6.45, 7) is 13.2. The Bertz CT molecular complexity index is 658. The Morgan fingerprint density at radius 3 is 1.29 bits per heavy atom. The minimum atomic E-state index is -0.216. The van der Waals surface area contributed by atoms with Crippen LogP contribution in [0.1, 0.15) is 67.2 Å². The Balaban J connectivity index is 1.74. The molecule has 24 heavy (non-hydrogen) atoms. The molecule has 0 aromatic carbocycles. The molecule has 130 valence electrons. The lowest BCUT2D eigenvalue weighted by molar-refractivity contribution is -0.126. The van der Waals surface area contributed by atoms with Crippen molar-refractivity contribution in [2.75, 3.05) is 0 Å². The summed E-state index contributed by atoms with van der Waals surface area (Å²) in [5.41, 5.74) is 1.59. The van der Waals surface area contributed by atoms with Gasteiger partial charge in [0.2, 0.25) is 0 Å². The molecule has 4 saturated carbocycles. The van der Waals surface area contributed by atoms with Gasteiger partial charge < -0.3 is 0 Å². The maximum absolute atomic E-state index is 13.0. The number of hydrogen-bond donors (Lipinski definition) is 0. The fourth-order valence-electron chi connectivity index (χ4n) is 6.42. The number of ketones is 2. The normalized spacial score (nSPS) is 48.2. The van der Waals surface area contributed by atoms with E-state index in [1.54, 1.807) is 0 Å². The van der Waals surface area contributed by atoms with Gasteiger partial charge in [-0.1, -0.05) is 53.7 Å². The number of fused-ring (bicyclic) bond motifs is 4. The molecular weight excluding hydrogens is 296 g/mol. The van der Waals surface area contributed by atoms with Gasteiger partial charge in [-0.2, -0.15) is 0 Å². The van der Waals surface area contributed by atoms with E-state index in [0.29, 0.717) is 23.4 Å². The molecule has 0 spiro atoms. The standard InChI is InChI=1S/C22H30O2/c1-19(2)15-9-11-21(19,5)17(23)13(15)7-8-14-16-10-12-22(6,18(14)24)20(16,3)4/h7-8,15-16H,9-12H2,1-6H3/b13-7-,14-8-. The number of carbonyl (C=O) groups is 2. The van der Waals surface area contributed by atoms with Crippen molar-refractivity contribution in [3.8, 4) is 0 Å². The highest BCUT2D eigenvalue weighted by molar-refractivity contribution is 6.07. The summed E-state index contributed by atoms with van der Waals surface area (Å²) in [4.78, 5) is 25.9. The third-order valence-corrected chi connectivity index (χ3v) is 9.17. The zero-order valence-electron chi connectivity index (χ0n) is 16.0. The molecule has 0 heterocycles. The first kappa shape index (κ1) is 16.3. The van der Waals surface area contributed by atoms with Crippen LogP contribution in [0.25, 0.3) is 0 Å². The van der Waals surface area contributed by atoms with Gasteiger partial charge in [-0.15, -0.1) is 0 Å². The molecule has 4 atom stereocenters. The molecule has 4 rings (SSSR count). The Kier molecular flexibility index (Phi) is 2.93. The average molecular weight is 326 g/mol. The largest absolute Gasteiger partial charge is 0.294 e. The van der Waals surface area contributed by atoms with Gasteiger partial charge in [-0.05, 0) is 59.5 Å². The van der Waals surface area contributed by atoms with E-state index < -0.39 is 0 Å². The second kappa shape index (κ2) is 4.31. The first-order chi connectivity index (χ1) is 11.0. The van der Waals surface area contributed by atoms with E-state index in [1.165, 1.54) is 0 Å². The molecule has 2 nitrogen and oxygen atoms in total. The molecule has 4 aliphatic carbocycles. The van der Waals surface area contributed by atoms with Crippen molar-refractivity contribution in [2.45, 2.75) is 67.2 Å². The molecule has 0 amide bonds. The summed E-state index contributed by atoms with van der Waals surface area (Å²) >= 11 is 0. The summed E-state index contributed by atoms with van der Waals surface area (Å²) < 4.78 is 0. The maximum Gasteiger partial charge on any atom is 0.165 e. The smallest absolute Gasteiger partial charge is 0.165 e. The van der Waals surface area contributed by atoms with E-state index >= 15 is 0 Å². The van der Waals surface area contributed by atoms with Crippen LogP contribution in [0.4, 0.5) is 0 Å².